The monoisotopic (exact) mass is 517 g/mol. The highest BCUT2D eigenvalue weighted by Gasteiger charge is 2.25. The Morgan fingerprint density at radius 2 is 1.50 bits per heavy atom. The Morgan fingerprint density at radius 1 is 0.882 bits per heavy atom. The third-order valence-electron chi connectivity index (χ3n) is 5.84. The fraction of sp³-hybridized carbons (Fsp3) is 0.240. The number of benzene rings is 3. The smallest absolute Gasteiger partial charge is 0.261 e. The molecule has 0 unspecified atom stereocenters. The molecule has 0 bridgehead atoms. The molecule has 1 saturated heterocycles. The van der Waals surface area contributed by atoms with E-state index in [1.165, 1.54) is 12.1 Å². The van der Waals surface area contributed by atoms with Gasteiger partial charge in [0.05, 0.1) is 4.90 Å². The number of sulfonamides is 1. The molecule has 0 aromatic heterocycles. The van der Waals surface area contributed by atoms with Gasteiger partial charge in [0.2, 0.25) is 5.91 Å². The van der Waals surface area contributed by atoms with Gasteiger partial charge in [-0.3, -0.25) is 14.4 Å². The molecule has 178 valence electrons. The van der Waals surface area contributed by atoms with E-state index in [-0.39, 0.29) is 16.7 Å². The van der Waals surface area contributed by atoms with Gasteiger partial charge in [0, 0.05) is 33.9 Å². The van der Waals surface area contributed by atoms with Crippen molar-refractivity contribution in [2.45, 2.75) is 24.3 Å². The van der Waals surface area contributed by atoms with Crippen molar-refractivity contribution in [1.29, 1.82) is 0 Å². The van der Waals surface area contributed by atoms with Crippen LogP contribution in [0.15, 0.2) is 77.7 Å². The number of carbonyl (C=O) groups excluding carboxylic acids is 1. The summed E-state index contributed by atoms with van der Waals surface area (Å²) in [5.41, 5.74) is 2.07. The average molecular weight is 518 g/mol. The first-order chi connectivity index (χ1) is 16.3. The Balaban J connectivity index is 1.30. The van der Waals surface area contributed by atoms with Gasteiger partial charge >= 0.3 is 0 Å². The lowest BCUT2D eigenvalue weighted by Gasteiger charge is -2.31. The van der Waals surface area contributed by atoms with Crippen molar-refractivity contribution < 1.29 is 13.2 Å². The fourth-order valence-corrected chi connectivity index (χ4v) is 5.29. The second kappa shape index (κ2) is 10.8. The number of carbonyl (C=O) groups is 1. The summed E-state index contributed by atoms with van der Waals surface area (Å²) in [5, 5.41) is 4.19. The first-order valence-electron chi connectivity index (χ1n) is 11.0. The van der Waals surface area contributed by atoms with Crippen LogP contribution in [0, 0.1) is 5.92 Å². The van der Waals surface area contributed by atoms with Crippen LogP contribution in [0.2, 0.25) is 10.0 Å². The summed E-state index contributed by atoms with van der Waals surface area (Å²) in [6.07, 6.45) is 1.52. The zero-order valence-corrected chi connectivity index (χ0v) is 20.7. The molecule has 3 aromatic rings. The van der Waals surface area contributed by atoms with Gasteiger partial charge in [0.15, 0.2) is 0 Å². The molecule has 0 saturated carbocycles. The Morgan fingerprint density at radius 3 is 2.15 bits per heavy atom. The second-order valence-electron chi connectivity index (χ2n) is 8.27. The number of likely N-dealkylation sites (tertiary alicyclic amines) is 1. The molecular weight excluding hydrogens is 493 g/mol. The Kier molecular flexibility index (Phi) is 7.78. The Hall–Kier alpha value is -2.58. The Bertz CT molecular complexity index is 1240. The quantitative estimate of drug-likeness (QED) is 0.424. The molecule has 6 nitrogen and oxygen atoms in total. The number of hydrogen-bond acceptors (Lipinski definition) is 4. The van der Waals surface area contributed by atoms with Crippen LogP contribution in [0.25, 0.3) is 0 Å². The van der Waals surface area contributed by atoms with E-state index in [4.69, 9.17) is 23.2 Å². The number of anilines is 2. The lowest BCUT2D eigenvalue weighted by molar-refractivity contribution is -0.121. The molecule has 1 aliphatic rings. The number of hydrogen-bond donors (Lipinski definition) is 2. The molecule has 9 heteroatoms. The number of piperidine rings is 1. The van der Waals surface area contributed by atoms with Crippen molar-refractivity contribution in [3.8, 4) is 0 Å². The molecule has 2 N–H and O–H groups in total. The normalized spacial score (nSPS) is 15.1. The maximum Gasteiger partial charge on any atom is 0.261 e. The minimum absolute atomic E-state index is 0.0488. The van der Waals surface area contributed by atoms with E-state index in [2.05, 4.69) is 14.9 Å². The summed E-state index contributed by atoms with van der Waals surface area (Å²) >= 11 is 12.1. The summed E-state index contributed by atoms with van der Waals surface area (Å²) in [7, 11) is -3.75. The van der Waals surface area contributed by atoms with Gasteiger partial charge < -0.3 is 5.32 Å². The average Bonchev–Trinajstić information content (AvgIpc) is 2.83. The lowest BCUT2D eigenvalue weighted by Crippen LogP contribution is -2.37. The molecule has 0 spiro atoms. The number of nitrogens with one attached hydrogen (secondary N) is 2. The first kappa shape index (κ1) is 24.5. The van der Waals surface area contributed by atoms with Crippen molar-refractivity contribution in [3.05, 3.63) is 88.4 Å². The van der Waals surface area contributed by atoms with Crippen molar-refractivity contribution in [2.75, 3.05) is 23.1 Å². The second-order valence-corrected chi connectivity index (χ2v) is 10.8. The van der Waals surface area contributed by atoms with E-state index in [9.17, 15) is 13.2 Å². The molecule has 1 fully saturated rings. The van der Waals surface area contributed by atoms with Gasteiger partial charge in [0.1, 0.15) is 0 Å². The van der Waals surface area contributed by atoms with E-state index in [0.29, 0.717) is 16.4 Å². The minimum Gasteiger partial charge on any atom is -0.326 e. The minimum atomic E-state index is -3.75. The summed E-state index contributed by atoms with van der Waals surface area (Å²) < 4.78 is 27.7. The number of halogens is 2. The zero-order chi connectivity index (χ0) is 24.1. The third-order valence-corrected chi connectivity index (χ3v) is 7.86. The van der Waals surface area contributed by atoms with Gasteiger partial charge in [-0.2, -0.15) is 0 Å². The van der Waals surface area contributed by atoms with Crippen LogP contribution in [0.5, 0.6) is 0 Å². The van der Waals surface area contributed by atoms with Gasteiger partial charge in [-0.1, -0.05) is 41.4 Å². The molecule has 1 aliphatic heterocycles. The number of amides is 1. The fourth-order valence-electron chi connectivity index (χ4n) is 3.91. The van der Waals surface area contributed by atoms with Crippen LogP contribution in [0.3, 0.4) is 0 Å². The molecule has 1 amide bonds. The molecule has 0 radical (unpaired) electrons. The van der Waals surface area contributed by atoms with Crippen molar-refractivity contribution in [2.24, 2.45) is 5.92 Å². The van der Waals surface area contributed by atoms with Crippen LogP contribution in [-0.4, -0.2) is 32.3 Å². The third kappa shape index (κ3) is 6.30. The molecule has 0 aliphatic carbocycles. The molecule has 34 heavy (non-hydrogen) atoms. The van der Waals surface area contributed by atoms with E-state index in [1.54, 1.807) is 36.4 Å². The van der Waals surface area contributed by atoms with Crippen molar-refractivity contribution in [3.63, 3.8) is 0 Å². The van der Waals surface area contributed by atoms with E-state index >= 15 is 0 Å². The van der Waals surface area contributed by atoms with E-state index < -0.39 is 10.0 Å². The zero-order valence-electron chi connectivity index (χ0n) is 18.4. The van der Waals surface area contributed by atoms with Gasteiger partial charge in [-0.15, -0.1) is 0 Å². The largest absolute Gasteiger partial charge is 0.326 e. The van der Waals surface area contributed by atoms with Crippen molar-refractivity contribution in [1.82, 2.24) is 4.90 Å². The van der Waals surface area contributed by atoms with Gasteiger partial charge in [0.25, 0.3) is 10.0 Å². The summed E-state index contributed by atoms with van der Waals surface area (Å²) in [6.45, 7) is 2.40. The SMILES string of the molecule is O=C(Nc1ccc(S(=O)(=O)Nc2ccc(Cl)cc2)cc1)C1CCN(Cc2ccccc2Cl)CC1. The maximum absolute atomic E-state index is 12.7. The van der Waals surface area contributed by atoms with Crippen LogP contribution in [0.4, 0.5) is 11.4 Å². The number of rotatable bonds is 7. The topological polar surface area (TPSA) is 78.5 Å². The highest BCUT2D eigenvalue weighted by molar-refractivity contribution is 7.92. The van der Waals surface area contributed by atoms with Crippen LogP contribution in [-0.2, 0) is 21.4 Å². The van der Waals surface area contributed by atoms with Gasteiger partial charge in [-0.05, 0) is 86.1 Å². The Labute approximate surface area is 209 Å². The first-order valence-corrected chi connectivity index (χ1v) is 13.2. The summed E-state index contributed by atoms with van der Waals surface area (Å²) in [5.74, 6) is -0.134. The van der Waals surface area contributed by atoms with Gasteiger partial charge in [-0.25, -0.2) is 8.42 Å². The van der Waals surface area contributed by atoms with Crippen molar-refractivity contribution >= 4 is 50.5 Å². The molecule has 0 atom stereocenters. The van der Waals surface area contributed by atoms with E-state index in [0.717, 1.165) is 43.1 Å². The van der Waals surface area contributed by atoms with Crippen LogP contribution in [0.1, 0.15) is 18.4 Å². The molecule has 4 rings (SSSR count). The molecule has 3 aromatic carbocycles. The molecule has 1 heterocycles. The molecular formula is C25H25Cl2N3O3S. The maximum atomic E-state index is 12.7. The van der Waals surface area contributed by atoms with Crippen LogP contribution < -0.4 is 10.0 Å². The standard InChI is InChI=1S/C25H25Cl2N3O3S/c26-20-5-7-22(8-6-20)29-34(32,33)23-11-9-21(10-12-23)28-25(31)18-13-15-30(16-14-18)17-19-3-1-2-4-24(19)27/h1-12,18,29H,13-17H2,(H,28,31). The predicted molar refractivity (Wildman–Crippen MR) is 137 cm³/mol. The number of nitrogens with zero attached hydrogens (tertiary/aromatic N) is 1. The predicted octanol–water partition coefficient (Wildman–Crippen LogP) is 5.64. The summed E-state index contributed by atoms with van der Waals surface area (Å²) in [6, 6.07) is 20.4. The van der Waals surface area contributed by atoms with E-state index in [1.807, 2.05) is 24.3 Å². The summed E-state index contributed by atoms with van der Waals surface area (Å²) in [4.78, 5) is 15.2. The highest BCUT2D eigenvalue weighted by atomic mass is 35.5. The lowest BCUT2D eigenvalue weighted by atomic mass is 9.95. The highest BCUT2D eigenvalue weighted by Crippen LogP contribution is 2.24. The van der Waals surface area contributed by atoms with Crippen LogP contribution >= 0.6 is 23.2 Å².